The molecule has 1 heterocycles. The van der Waals surface area contributed by atoms with Crippen molar-refractivity contribution in [3.05, 3.63) is 46.6 Å². The molecule has 0 aliphatic carbocycles. The average Bonchev–Trinajstić information content (AvgIpc) is 2.66. The molecular weight excluding hydrogens is 403 g/mol. The van der Waals surface area contributed by atoms with E-state index >= 15 is 0 Å². The minimum Gasteiger partial charge on any atom is -0.465 e. The fourth-order valence-corrected chi connectivity index (χ4v) is 3.05. The summed E-state index contributed by atoms with van der Waals surface area (Å²) in [7, 11) is 2.24. The van der Waals surface area contributed by atoms with Gasteiger partial charge in [-0.2, -0.15) is 5.26 Å². The topological polar surface area (TPSA) is 79.6 Å². The van der Waals surface area contributed by atoms with Crippen LogP contribution in [-0.2, 0) is 19.1 Å². The molecule has 0 saturated carbocycles. The number of carbonyl (C=O) groups is 2. The Morgan fingerprint density at radius 2 is 1.81 bits per heavy atom. The van der Waals surface area contributed by atoms with E-state index in [2.05, 4.69) is 4.74 Å². The van der Waals surface area contributed by atoms with Crippen molar-refractivity contribution in [1.82, 2.24) is 0 Å². The number of halogens is 3. The number of anilines is 1. The summed E-state index contributed by atoms with van der Waals surface area (Å²) in [5.41, 5.74) is 0.814. The fourth-order valence-electron chi connectivity index (χ4n) is 2.46. The zero-order valence-electron chi connectivity index (χ0n) is 13.7. The fraction of sp³-hybridized carbons (Fsp3) is 0.235. The predicted octanol–water partition coefficient (Wildman–Crippen LogP) is 3.38. The van der Waals surface area contributed by atoms with Gasteiger partial charge in [0.05, 0.1) is 20.3 Å². The second-order valence-corrected chi connectivity index (χ2v) is 6.88. The Hall–Kier alpha value is -2.20. The maximum Gasteiger partial charge on any atom is 0.356 e. The maximum atomic E-state index is 12.4. The molecule has 9 heteroatoms. The third-order valence-corrected chi connectivity index (χ3v) is 4.59. The quantitative estimate of drug-likeness (QED) is 0.426. The largest absolute Gasteiger partial charge is 0.465 e. The number of alkyl halides is 2. The lowest BCUT2D eigenvalue weighted by Crippen LogP contribution is -2.48. The number of benzene rings is 1. The molecule has 1 atom stereocenters. The minimum atomic E-state index is -1.95. The monoisotopic (exact) mass is 414 g/mol. The molecule has 0 N–H and O–H groups in total. The van der Waals surface area contributed by atoms with Crippen LogP contribution in [0, 0.1) is 11.3 Å². The Labute approximate surface area is 165 Å². The molecular formula is C17H13Cl3N2O4. The van der Waals surface area contributed by atoms with Crippen LogP contribution >= 0.6 is 34.8 Å². The van der Waals surface area contributed by atoms with Crippen molar-refractivity contribution in [3.63, 3.8) is 0 Å². The molecule has 26 heavy (non-hydrogen) atoms. The normalized spacial score (nSPS) is 16.9. The van der Waals surface area contributed by atoms with Gasteiger partial charge in [0.1, 0.15) is 6.07 Å². The van der Waals surface area contributed by atoms with E-state index in [9.17, 15) is 14.9 Å². The molecule has 0 spiro atoms. The summed E-state index contributed by atoms with van der Waals surface area (Å²) in [6.45, 7) is 0. The van der Waals surface area contributed by atoms with Crippen LogP contribution < -0.4 is 4.90 Å². The van der Waals surface area contributed by atoms with Crippen LogP contribution in [-0.4, -0.2) is 36.5 Å². The van der Waals surface area contributed by atoms with Crippen molar-refractivity contribution in [2.24, 2.45) is 0 Å². The third kappa shape index (κ3) is 3.65. The van der Waals surface area contributed by atoms with E-state index in [1.807, 2.05) is 0 Å². The molecule has 1 aromatic rings. The number of fused-ring (bicyclic) bond motifs is 1. The van der Waals surface area contributed by atoms with E-state index in [1.54, 1.807) is 36.4 Å². The molecule has 1 aromatic carbocycles. The summed E-state index contributed by atoms with van der Waals surface area (Å²) >= 11 is 18.4. The van der Waals surface area contributed by atoms with Gasteiger partial charge in [-0.15, -0.1) is 0 Å². The lowest BCUT2D eigenvalue weighted by Gasteiger charge is -2.39. The summed E-state index contributed by atoms with van der Waals surface area (Å²) in [6.07, 6.45) is 3.24. The Bertz CT molecular complexity index is 843. The van der Waals surface area contributed by atoms with Crippen LogP contribution in [0.25, 0.3) is 6.08 Å². The summed E-state index contributed by atoms with van der Waals surface area (Å²) < 4.78 is 7.42. The van der Waals surface area contributed by atoms with Crippen molar-refractivity contribution in [1.29, 1.82) is 5.26 Å². The molecule has 0 amide bonds. The van der Waals surface area contributed by atoms with Gasteiger partial charge in [-0.25, -0.2) is 9.59 Å². The van der Waals surface area contributed by atoms with Crippen LogP contribution in [0.4, 0.5) is 5.69 Å². The van der Waals surface area contributed by atoms with Crippen molar-refractivity contribution >= 4 is 58.5 Å². The van der Waals surface area contributed by atoms with Gasteiger partial charge in [0, 0.05) is 5.69 Å². The molecule has 0 bridgehead atoms. The third-order valence-electron chi connectivity index (χ3n) is 3.65. The van der Waals surface area contributed by atoms with Crippen LogP contribution in [0.5, 0.6) is 0 Å². The number of esters is 2. The van der Waals surface area contributed by atoms with Gasteiger partial charge in [0.25, 0.3) is 0 Å². The highest BCUT2D eigenvalue weighted by Crippen LogP contribution is 2.41. The first kappa shape index (κ1) is 20.1. The first-order valence-corrected chi connectivity index (χ1v) is 8.33. The van der Waals surface area contributed by atoms with Crippen LogP contribution in [0.3, 0.4) is 0 Å². The van der Waals surface area contributed by atoms with Gasteiger partial charge in [-0.05, 0) is 11.6 Å². The molecule has 2 rings (SSSR count). The van der Waals surface area contributed by atoms with Crippen molar-refractivity contribution in [3.8, 4) is 6.07 Å². The minimum absolute atomic E-state index is 0.344. The Balaban J connectivity index is 2.80. The summed E-state index contributed by atoms with van der Waals surface area (Å²) in [5.74, 6) is -1.87. The summed E-state index contributed by atoms with van der Waals surface area (Å²) in [6, 6.07) is 7.66. The van der Waals surface area contributed by atoms with Gasteiger partial charge in [0.2, 0.25) is 4.33 Å². The summed E-state index contributed by atoms with van der Waals surface area (Å²) in [5, 5.41) is 8.82. The van der Waals surface area contributed by atoms with Gasteiger partial charge in [-0.3, -0.25) is 0 Å². The lowest BCUT2D eigenvalue weighted by atomic mass is 9.99. The number of nitriles is 1. The van der Waals surface area contributed by atoms with E-state index in [-0.39, 0.29) is 5.70 Å². The van der Waals surface area contributed by atoms with Gasteiger partial charge in [-0.1, -0.05) is 65.2 Å². The summed E-state index contributed by atoms with van der Waals surface area (Å²) in [4.78, 5) is 25.7. The van der Waals surface area contributed by atoms with E-state index in [1.165, 1.54) is 11.0 Å². The number of nitrogens with zero attached hydrogens (tertiary/aromatic N) is 2. The lowest BCUT2D eigenvalue weighted by molar-refractivity contribution is -0.138. The van der Waals surface area contributed by atoms with Crippen molar-refractivity contribution in [2.75, 3.05) is 19.1 Å². The van der Waals surface area contributed by atoms with E-state index in [0.29, 0.717) is 11.3 Å². The smallest absolute Gasteiger partial charge is 0.356 e. The highest BCUT2D eigenvalue weighted by Gasteiger charge is 2.44. The van der Waals surface area contributed by atoms with Crippen LogP contribution in [0.15, 0.2) is 41.1 Å². The number of para-hydroxylation sites is 1. The van der Waals surface area contributed by atoms with Crippen molar-refractivity contribution < 1.29 is 19.1 Å². The Morgan fingerprint density at radius 3 is 2.38 bits per heavy atom. The van der Waals surface area contributed by atoms with Crippen LogP contribution in [0.1, 0.15) is 5.56 Å². The molecule has 0 fully saturated rings. The van der Waals surface area contributed by atoms with Gasteiger partial charge < -0.3 is 14.4 Å². The number of hydrogen-bond donors (Lipinski definition) is 0. The first-order chi connectivity index (χ1) is 12.3. The van der Waals surface area contributed by atoms with Gasteiger partial charge >= 0.3 is 11.9 Å². The Morgan fingerprint density at radius 1 is 1.19 bits per heavy atom. The molecule has 0 saturated heterocycles. The molecule has 6 nitrogen and oxygen atoms in total. The SMILES string of the molecule is COC(=O)/C(Cl)=C(\C(=O)OC)N1c2ccccc2C=CC1C(Cl)(Cl)C#N. The standard InChI is InChI=1S/C17H13Cl3N2O4/c1-25-15(23)13(18)14(16(24)26-2)22-11-6-4-3-5-10(11)7-8-12(22)17(19,20)9-21/h3-8,12H,1-2H3/b14-13-. The molecule has 1 unspecified atom stereocenters. The number of hydrogen-bond acceptors (Lipinski definition) is 6. The zero-order chi connectivity index (χ0) is 19.5. The molecule has 0 aromatic heterocycles. The predicted molar refractivity (Wildman–Crippen MR) is 98.7 cm³/mol. The highest BCUT2D eigenvalue weighted by atomic mass is 35.5. The number of rotatable bonds is 4. The molecule has 1 aliphatic heterocycles. The zero-order valence-corrected chi connectivity index (χ0v) is 16.0. The van der Waals surface area contributed by atoms with E-state index < -0.39 is 27.3 Å². The molecule has 136 valence electrons. The number of carbonyl (C=O) groups excluding carboxylic acids is 2. The molecule has 0 radical (unpaired) electrons. The van der Waals surface area contributed by atoms with Crippen molar-refractivity contribution in [2.45, 2.75) is 10.4 Å². The second-order valence-electron chi connectivity index (χ2n) is 5.11. The number of ether oxygens (including phenoxy) is 2. The first-order valence-electron chi connectivity index (χ1n) is 7.20. The van der Waals surface area contributed by atoms with Crippen LogP contribution in [0.2, 0.25) is 0 Å². The van der Waals surface area contributed by atoms with E-state index in [0.717, 1.165) is 14.2 Å². The van der Waals surface area contributed by atoms with Gasteiger partial charge in [0.15, 0.2) is 10.7 Å². The molecule has 1 aliphatic rings. The Kier molecular flexibility index (Phi) is 6.19. The van der Waals surface area contributed by atoms with E-state index in [4.69, 9.17) is 39.5 Å². The second kappa shape index (κ2) is 8.00. The average molecular weight is 416 g/mol. The highest BCUT2D eigenvalue weighted by molar-refractivity contribution is 6.51. The number of methoxy groups -OCH3 is 2. The maximum absolute atomic E-state index is 12.4.